The smallest absolute Gasteiger partial charge is 0.225 e. The lowest BCUT2D eigenvalue weighted by Crippen LogP contribution is -2.19. The first-order valence-electron chi connectivity index (χ1n) is 8.43. The van der Waals surface area contributed by atoms with Gasteiger partial charge in [-0.2, -0.15) is 4.98 Å². The van der Waals surface area contributed by atoms with E-state index in [2.05, 4.69) is 49.7 Å². The highest BCUT2D eigenvalue weighted by Gasteiger charge is 2.15. The molecule has 8 heteroatoms. The number of rotatable bonds is 8. The summed E-state index contributed by atoms with van der Waals surface area (Å²) in [7, 11) is 1.81. The standard InChI is InChI=1S/C16H27N7O/c1-6-9(3)19-16-21-12-11(7-2)20-15(18-8-10(4)24)22-13(12)14(17-5)23-16/h9-10,24H,6-8H2,1-5H3,(H,18,20,22)(H2,17,19,21,23)/t9-,10+/m1/s1. The van der Waals surface area contributed by atoms with E-state index < -0.39 is 6.10 Å². The predicted octanol–water partition coefficient (Wildman–Crippen LogP) is 2.03. The Hall–Kier alpha value is -2.22. The maximum absolute atomic E-state index is 9.43. The summed E-state index contributed by atoms with van der Waals surface area (Å²) in [5.41, 5.74) is 2.26. The SMILES string of the molecule is CCc1nc(NC[C@H](C)O)nc2c(NC)nc(N[C@H](C)CC)nc12. The molecule has 0 unspecified atom stereocenters. The average Bonchev–Trinajstić information content (AvgIpc) is 2.58. The third kappa shape index (κ3) is 4.19. The van der Waals surface area contributed by atoms with Crippen molar-refractivity contribution < 1.29 is 5.11 Å². The van der Waals surface area contributed by atoms with Crippen molar-refractivity contribution >= 4 is 28.7 Å². The zero-order valence-electron chi connectivity index (χ0n) is 15.0. The topological polar surface area (TPSA) is 108 Å². The molecule has 0 saturated heterocycles. The minimum absolute atomic E-state index is 0.283. The highest BCUT2D eigenvalue weighted by Crippen LogP contribution is 2.24. The molecule has 2 rings (SSSR count). The van der Waals surface area contributed by atoms with Crippen LogP contribution in [0.2, 0.25) is 0 Å². The van der Waals surface area contributed by atoms with Crippen molar-refractivity contribution in [2.45, 2.75) is 52.7 Å². The van der Waals surface area contributed by atoms with Crippen LogP contribution in [-0.4, -0.2) is 50.8 Å². The molecular formula is C16H27N7O. The molecule has 0 saturated carbocycles. The normalized spacial score (nSPS) is 13.6. The van der Waals surface area contributed by atoms with Gasteiger partial charge in [-0.05, 0) is 26.7 Å². The van der Waals surface area contributed by atoms with Crippen LogP contribution < -0.4 is 16.0 Å². The van der Waals surface area contributed by atoms with Crippen molar-refractivity contribution in [3.8, 4) is 0 Å². The van der Waals surface area contributed by atoms with Gasteiger partial charge in [0, 0.05) is 19.6 Å². The molecule has 0 radical (unpaired) electrons. The van der Waals surface area contributed by atoms with Gasteiger partial charge < -0.3 is 21.1 Å². The van der Waals surface area contributed by atoms with Crippen LogP contribution in [0.15, 0.2) is 0 Å². The Morgan fingerprint density at radius 2 is 1.71 bits per heavy atom. The van der Waals surface area contributed by atoms with Crippen LogP contribution in [0.4, 0.5) is 17.7 Å². The minimum Gasteiger partial charge on any atom is -0.392 e. The number of aliphatic hydroxyl groups excluding tert-OH is 1. The van der Waals surface area contributed by atoms with Crippen molar-refractivity contribution in [1.29, 1.82) is 0 Å². The summed E-state index contributed by atoms with van der Waals surface area (Å²) in [6.45, 7) is 8.33. The molecule has 8 nitrogen and oxygen atoms in total. The van der Waals surface area contributed by atoms with Gasteiger partial charge in [0.2, 0.25) is 11.9 Å². The van der Waals surface area contributed by atoms with Crippen LogP contribution in [0.3, 0.4) is 0 Å². The summed E-state index contributed by atoms with van der Waals surface area (Å²) in [6.07, 6.45) is 1.23. The fourth-order valence-electron chi connectivity index (χ4n) is 2.20. The number of aliphatic hydroxyl groups is 1. The second kappa shape index (κ2) is 8.05. The van der Waals surface area contributed by atoms with Crippen LogP contribution >= 0.6 is 0 Å². The molecule has 24 heavy (non-hydrogen) atoms. The van der Waals surface area contributed by atoms with Gasteiger partial charge in [0.25, 0.3) is 0 Å². The van der Waals surface area contributed by atoms with Gasteiger partial charge in [0.15, 0.2) is 5.82 Å². The van der Waals surface area contributed by atoms with Crippen LogP contribution in [0.1, 0.15) is 39.8 Å². The Labute approximate surface area is 142 Å². The molecule has 132 valence electrons. The first kappa shape index (κ1) is 18.1. The van der Waals surface area contributed by atoms with Crippen LogP contribution in [-0.2, 0) is 6.42 Å². The number of hydrogen-bond acceptors (Lipinski definition) is 8. The van der Waals surface area contributed by atoms with E-state index in [1.165, 1.54) is 0 Å². The molecule has 0 aromatic carbocycles. The molecule has 2 atom stereocenters. The highest BCUT2D eigenvalue weighted by atomic mass is 16.3. The summed E-state index contributed by atoms with van der Waals surface area (Å²) >= 11 is 0. The lowest BCUT2D eigenvalue weighted by molar-refractivity contribution is 0.208. The van der Waals surface area contributed by atoms with Crippen molar-refractivity contribution in [2.75, 3.05) is 29.5 Å². The Bertz CT molecular complexity index is 690. The summed E-state index contributed by atoms with van der Waals surface area (Å²) in [5, 5.41) is 18.9. The fraction of sp³-hybridized carbons (Fsp3) is 0.625. The molecule has 0 aliphatic heterocycles. The van der Waals surface area contributed by atoms with Crippen molar-refractivity contribution in [3.63, 3.8) is 0 Å². The van der Waals surface area contributed by atoms with Gasteiger partial charge in [-0.1, -0.05) is 13.8 Å². The second-order valence-electron chi connectivity index (χ2n) is 5.87. The zero-order valence-corrected chi connectivity index (χ0v) is 15.0. The molecule has 0 aliphatic carbocycles. The molecule has 0 aliphatic rings. The Balaban J connectivity index is 2.51. The van der Waals surface area contributed by atoms with Crippen molar-refractivity contribution in [3.05, 3.63) is 5.69 Å². The van der Waals surface area contributed by atoms with E-state index in [4.69, 9.17) is 0 Å². The summed E-state index contributed by atoms with van der Waals surface area (Å²) in [5.74, 6) is 1.70. The molecule has 4 N–H and O–H groups in total. The van der Waals surface area contributed by atoms with Crippen LogP contribution in [0.25, 0.3) is 11.0 Å². The highest BCUT2D eigenvalue weighted by molar-refractivity contribution is 5.88. The number of aryl methyl sites for hydroxylation is 1. The van der Waals surface area contributed by atoms with Crippen molar-refractivity contribution in [1.82, 2.24) is 19.9 Å². The first-order chi connectivity index (χ1) is 11.5. The Kier molecular flexibility index (Phi) is 6.08. The van der Waals surface area contributed by atoms with Gasteiger partial charge in [0.05, 0.1) is 11.8 Å². The molecule has 0 fully saturated rings. The van der Waals surface area contributed by atoms with Crippen LogP contribution in [0.5, 0.6) is 0 Å². The summed E-state index contributed by atoms with van der Waals surface area (Å²) in [4.78, 5) is 18.2. The van der Waals surface area contributed by atoms with Crippen molar-refractivity contribution in [2.24, 2.45) is 0 Å². The molecule has 2 aromatic heterocycles. The Morgan fingerprint density at radius 1 is 1.00 bits per heavy atom. The van der Waals surface area contributed by atoms with Crippen LogP contribution in [0, 0.1) is 0 Å². The fourth-order valence-corrected chi connectivity index (χ4v) is 2.20. The van der Waals surface area contributed by atoms with E-state index in [0.29, 0.717) is 29.8 Å². The number of hydrogen-bond donors (Lipinski definition) is 4. The lowest BCUT2D eigenvalue weighted by atomic mass is 10.2. The largest absolute Gasteiger partial charge is 0.392 e. The third-order valence-electron chi connectivity index (χ3n) is 3.73. The van der Waals surface area contributed by atoms with E-state index >= 15 is 0 Å². The second-order valence-corrected chi connectivity index (χ2v) is 5.87. The summed E-state index contributed by atoms with van der Waals surface area (Å²) < 4.78 is 0. The summed E-state index contributed by atoms with van der Waals surface area (Å²) in [6, 6.07) is 0.283. The predicted molar refractivity (Wildman–Crippen MR) is 97.6 cm³/mol. The molecule has 2 aromatic rings. The number of aromatic nitrogens is 4. The molecule has 0 spiro atoms. The van der Waals surface area contributed by atoms with Gasteiger partial charge >= 0.3 is 0 Å². The van der Waals surface area contributed by atoms with E-state index in [-0.39, 0.29) is 6.04 Å². The monoisotopic (exact) mass is 333 g/mol. The molecule has 0 bridgehead atoms. The third-order valence-corrected chi connectivity index (χ3v) is 3.73. The molecule has 0 amide bonds. The van der Waals surface area contributed by atoms with Gasteiger partial charge in [0.1, 0.15) is 11.0 Å². The molecular weight excluding hydrogens is 306 g/mol. The first-order valence-corrected chi connectivity index (χ1v) is 8.43. The lowest BCUT2D eigenvalue weighted by Gasteiger charge is -2.15. The number of fused-ring (bicyclic) bond motifs is 1. The quantitative estimate of drug-likeness (QED) is 0.581. The average molecular weight is 333 g/mol. The number of anilines is 3. The van der Waals surface area contributed by atoms with E-state index in [1.54, 1.807) is 6.92 Å². The number of nitrogens with one attached hydrogen (secondary N) is 3. The molecule has 2 heterocycles. The zero-order chi connectivity index (χ0) is 17.7. The maximum Gasteiger partial charge on any atom is 0.225 e. The Morgan fingerprint density at radius 3 is 2.29 bits per heavy atom. The maximum atomic E-state index is 9.43. The number of nitrogens with zero attached hydrogens (tertiary/aromatic N) is 4. The van der Waals surface area contributed by atoms with E-state index in [9.17, 15) is 5.11 Å². The van der Waals surface area contributed by atoms with E-state index in [1.807, 2.05) is 14.0 Å². The van der Waals surface area contributed by atoms with E-state index in [0.717, 1.165) is 24.1 Å². The van der Waals surface area contributed by atoms with Gasteiger partial charge in [-0.25, -0.2) is 15.0 Å². The van der Waals surface area contributed by atoms with Gasteiger partial charge in [-0.3, -0.25) is 0 Å². The minimum atomic E-state index is -0.475. The van der Waals surface area contributed by atoms with Gasteiger partial charge in [-0.15, -0.1) is 0 Å².